The van der Waals surface area contributed by atoms with Crippen molar-refractivity contribution < 1.29 is 18.9 Å². The Kier molecular flexibility index (Phi) is 3.39. The van der Waals surface area contributed by atoms with Gasteiger partial charge in [-0.15, -0.1) is 0 Å². The summed E-state index contributed by atoms with van der Waals surface area (Å²) in [7, 11) is 0. The number of hydrogen-bond acceptors (Lipinski definition) is 4. The zero-order chi connectivity index (χ0) is 12.3. The van der Waals surface area contributed by atoms with Crippen molar-refractivity contribution in [2.24, 2.45) is 0 Å². The first kappa shape index (κ1) is 11.9. The lowest BCUT2D eigenvalue weighted by atomic mass is 10.2. The minimum absolute atomic E-state index is 0.0262. The molecule has 0 unspecified atom stereocenters. The molecule has 0 aliphatic heterocycles. The molecule has 86 valence electrons. The van der Waals surface area contributed by atoms with E-state index in [-0.39, 0.29) is 11.3 Å². The van der Waals surface area contributed by atoms with Gasteiger partial charge in [-0.2, -0.15) is 9.87 Å². The molecule has 1 amide bonds. The highest BCUT2D eigenvalue weighted by molar-refractivity contribution is 5.71. The second-order valence-corrected chi connectivity index (χ2v) is 3.04. The number of rotatable bonds is 3. The fourth-order valence-corrected chi connectivity index (χ4v) is 1.03. The van der Waals surface area contributed by atoms with Gasteiger partial charge in [0.05, 0.1) is 4.92 Å². The maximum absolute atomic E-state index is 13.4. The molecule has 7 heteroatoms. The number of carbonyl (C=O) groups is 1. The van der Waals surface area contributed by atoms with Crippen LogP contribution in [0.5, 0.6) is 5.75 Å². The predicted octanol–water partition coefficient (Wildman–Crippen LogP) is 1.47. The summed E-state index contributed by atoms with van der Waals surface area (Å²) < 4.78 is 13.4. The van der Waals surface area contributed by atoms with Gasteiger partial charge in [-0.3, -0.25) is 14.9 Å². The molecule has 0 aromatic heterocycles. The largest absolute Gasteiger partial charge is 0.379 e. The first-order valence-corrected chi connectivity index (χ1v) is 4.30. The van der Waals surface area contributed by atoms with Gasteiger partial charge in [-0.25, -0.2) is 0 Å². The van der Waals surface area contributed by atoms with Crippen LogP contribution in [-0.4, -0.2) is 10.8 Å². The van der Waals surface area contributed by atoms with E-state index in [1.54, 1.807) is 0 Å². The molecule has 16 heavy (non-hydrogen) atoms. The van der Waals surface area contributed by atoms with Gasteiger partial charge in [0, 0.05) is 18.6 Å². The van der Waals surface area contributed by atoms with E-state index < -0.39 is 22.3 Å². The van der Waals surface area contributed by atoms with Crippen LogP contribution < -0.4 is 10.3 Å². The van der Waals surface area contributed by atoms with Crippen molar-refractivity contribution in [3.8, 4) is 5.75 Å². The zero-order valence-corrected chi connectivity index (χ0v) is 8.61. The molecule has 0 spiro atoms. The van der Waals surface area contributed by atoms with E-state index in [0.29, 0.717) is 0 Å². The zero-order valence-electron chi connectivity index (χ0n) is 8.61. The van der Waals surface area contributed by atoms with Crippen molar-refractivity contribution in [3.63, 3.8) is 0 Å². The summed E-state index contributed by atoms with van der Waals surface area (Å²) in [5, 5.41) is 10.4. The highest BCUT2D eigenvalue weighted by atomic mass is 19.1. The lowest BCUT2D eigenvalue weighted by Crippen LogP contribution is -2.24. The maximum Gasteiger partial charge on any atom is 0.305 e. The Morgan fingerprint density at radius 3 is 2.69 bits per heavy atom. The Labute approximate surface area is 90.1 Å². The fourth-order valence-electron chi connectivity index (χ4n) is 1.03. The number of nitro groups is 1. The van der Waals surface area contributed by atoms with Crippen LogP contribution >= 0.6 is 0 Å². The monoisotopic (exact) mass is 228 g/mol. The smallest absolute Gasteiger partial charge is 0.305 e. The van der Waals surface area contributed by atoms with Crippen LogP contribution in [0.2, 0.25) is 0 Å². The standard InChI is InChI=1S/C9H9FN2O4/c1-5-8(16-11-6(2)13)4-3-7(9(5)10)12(14)15/h3-4H,1-2H3,(H,11,13). The molecule has 0 bridgehead atoms. The molecule has 0 saturated heterocycles. The lowest BCUT2D eigenvalue weighted by Gasteiger charge is -2.08. The summed E-state index contributed by atoms with van der Waals surface area (Å²) >= 11 is 0. The molecule has 0 heterocycles. The number of hydrogen-bond donors (Lipinski definition) is 1. The average Bonchev–Trinajstić information content (AvgIpc) is 2.19. The number of nitrogens with one attached hydrogen (secondary N) is 1. The van der Waals surface area contributed by atoms with Crippen LogP contribution in [0, 0.1) is 22.9 Å². The summed E-state index contributed by atoms with van der Waals surface area (Å²) in [6, 6.07) is 2.19. The van der Waals surface area contributed by atoms with E-state index in [0.717, 1.165) is 6.07 Å². The number of hydroxylamine groups is 1. The second kappa shape index (κ2) is 4.56. The first-order chi connectivity index (χ1) is 7.43. The number of nitrogens with zero attached hydrogens (tertiary/aromatic N) is 1. The fraction of sp³-hybridized carbons (Fsp3) is 0.222. The minimum Gasteiger partial charge on any atom is -0.379 e. The van der Waals surface area contributed by atoms with Gasteiger partial charge in [-0.1, -0.05) is 0 Å². The van der Waals surface area contributed by atoms with E-state index in [1.165, 1.54) is 19.9 Å². The van der Waals surface area contributed by atoms with Crippen LogP contribution in [0.25, 0.3) is 0 Å². The van der Waals surface area contributed by atoms with Gasteiger partial charge in [0.1, 0.15) is 0 Å². The Bertz CT molecular complexity index is 447. The van der Waals surface area contributed by atoms with E-state index >= 15 is 0 Å². The summed E-state index contributed by atoms with van der Waals surface area (Å²) in [5.41, 5.74) is 1.33. The average molecular weight is 228 g/mol. The predicted molar refractivity (Wildman–Crippen MR) is 52.2 cm³/mol. The number of halogens is 1. The third-order valence-corrected chi connectivity index (χ3v) is 1.82. The summed E-state index contributed by atoms with van der Waals surface area (Å²) in [6.07, 6.45) is 0. The minimum atomic E-state index is -0.979. The van der Waals surface area contributed by atoms with Crippen molar-refractivity contribution in [1.29, 1.82) is 0 Å². The molecular weight excluding hydrogens is 219 g/mol. The topological polar surface area (TPSA) is 81.5 Å². The van der Waals surface area contributed by atoms with Gasteiger partial charge < -0.3 is 4.84 Å². The van der Waals surface area contributed by atoms with Crippen molar-refractivity contribution in [1.82, 2.24) is 5.48 Å². The highest BCUT2D eigenvalue weighted by Crippen LogP contribution is 2.27. The van der Waals surface area contributed by atoms with Gasteiger partial charge in [-0.05, 0) is 13.0 Å². The molecule has 1 rings (SSSR count). The van der Waals surface area contributed by atoms with Crippen molar-refractivity contribution >= 4 is 11.6 Å². The first-order valence-electron chi connectivity index (χ1n) is 4.30. The molecule has 1 aromatic rings. The molecule has 6 nitrogen and oxygen atoms in total. The summed E-state index contributed by atoms with van der Waals surface area (Å²) in [6.45, 7) is 2.54. The quantitative estimate of drug-likeness (QED) is 0.627. The molecule has 0 radical (unpaired) electrons. The molecule has 1 N–H and O–H groups in total. The molecule has 0 aliphatic rings. The van der Waals surface area contributed by atoms with Crippen LogP contribution in [0.4, 0.5) is 10.1 Å². The second-order valence-electron chi connectivity index (χ2n) is 3.04. The Morgan fingerprint density at radius 1 is 1.56 bits per heavy atom. The maximum atomic E-state index is 13.4. The molecule has 0 atom stereocenters. The van der Waals surface area contributed by atoms with Gasteiger partial charge in [0.25, 0.3) is 0 Å². The molecule has 0 aliphatic carbocycles. The van der Waals surface area contributed by atoms with Gasteiger partial charge in [0.15, 0.2) is 5.75 Å². The van der Waals surface area contributed by atoms with Crippen LogP contribution in [0.15, 0.2) is 12.1 Å². The normalized spacial score (nSPS) is 9.69. The SMILES string of the molecule is CC(=O)NOc1ccc([N+](=O)[O-])c(F)c1C. The molecule has 1 aromatic carbocycles. The Hall–Kier alpha value is -2.18. The number of amides is 1. The Balaban J connectivity index is 3.02. The Morgan fingerprint density at radius 2 is 2.19 bits per heavy atom. The number of nitro benzene ring substituents is 1. The van der Waals surface area contributed by atoms with Crippen LogP contribution in [-0.2, 0) is 4.79 Å². The van der Waals surface area contributed by atoms with Crippen molar-refractivity contribution in [2.75, 3.05) is 0 Å². The molecule has 0 saturated carbocycles. The van der Waals surface area contributed by atoms with Gasteiger partial charge in [0.2, 0.25) is 11.7 Å². The third-order valence-electron chi connectivity index (χ3n) is 1.82. The molecular formula is C9H9FN2O4. The number of carbonyl (C=O) groups excluding carboxylic acids is 1. The van der Waals surface area contributed by atoms with E-state index in [2.05, 4.69) is 0 Å². The van der Waals surface area contributed by atoms with Gasteiger partial charge >= 0.3 is 5.69 Å². The molecule has 0 fully saturated rings. The highest BCUT2D eigenvalue weighted by Gasteiger charge is 2.19. The summed E-state index contributed by atoms with van der Waals surface area (Å²) in [4.78, 5) is 24.9. The van der Waals surface area contributed by atoms with Crippen molar-refractivity contribution in [3.05, 3.63) is 33.6 Å². The van der Waals surface area contributed by atoms with Crippen LogP contribution in [0.3, 0.4) is 0 Å². The summed E-state index contributed by atoms with van der Waals surface area (Å²) in [5.74, 6) is -1.41. The number of benzene rings is 1. The third kappa shape index (κ3) is 2.44. The van der Waals surface area contributed by atoms with E-state index in [4.69, 9.17) is 4.84 Å². The van der Waals surface area contributed by atoms with Crippen LogP contribution in [0.1, 0.15) is 12.5 Å². The van der Waals surface area contributed by atoms with E-state index in [9.17, 15) is 19.3 Å². The van der Waals surface area contributed by atoms with Crippen molar-refractivity contribution in [2.45, 2.75) is 13.8 Å². The lowest BCUT2D eigenvalue weighted by molar-refractivity contribution is -0.387. The van der Waals surface area contributed by atoms with E-state index in [1.807, 2.05) is 5.48 Å².